The topological polar surface area (TPSA) is 64.3 Å². The fourth-order valence-corrected chi connectivity index (χ4v) is 1.46. The van der Waals surface area contributed by atoms with E-state index >= 15 is 0 Å². The molecule has 19 heavy (non-hydrogen) atoms. The van der Waals surface area contributed by atoms with E-state index in [1.54, 1.807) is 0 Å². The second-order valence-corrected chi connectivity index (χ2v) is 4.55. The summed E-state index contributed by atoms with van der Waals surface area (Å²) < 4.78 is 5.55. The summed E-state index contributed by atoms with van der Waals surface area (Å²) in [6, 6.07) is 9.95. The Labute approximate surface area is 121 Å². The number of halogens is 1. The minimum Gasteiger partial charge on any atom is -0.375 e. The van der Waals surface area contributed by atoms with Gasteiger partial charge in [0.15, 0.2) is 0 Å². The van der Waals surface area contributed by atoms with Crippen LogP contribution in [0.2, 0.25) is 0 Å². The third-order valence-corrected chi connectivity index (χ3v) is 2.67. The minimum absolute atomic E-state index is 0. The van der Waals surface area contributed by atoms with Crippen molar-refractivity contribution >= 4 is 18.3 Å². The third kappa shape index (κ3) is 7.15. The lowest BCUT2D eigenvalue weighted by Gasteiger charge is -2.16. The second kappa shape index (κ2) is 9.78. The minimum atomic E-state index is -0.151. The Balaban J connectivity index is 0.00000324. The molecule has 0 fully saturated rings. The molecule has 0 bridgehead atoms. The fourth-order valence-electron chi connectivity index (χ4n) is 1.46. The molecule has 0 spiro atoms. The number of carbonyl (C=O) groups excluding carboxylic acids is 1. The van der Waals surface area contributed by atoms with Crippen LogP contribution in [0.5, 0.6) is 0 Å². The molecule has 3 N–H and O–H groups in total. The van der Waals surface area contributed by atoms with Crippen LogP contribution in [0.1, 0.15) is 19.4 Å². The Morgan fingerprint density at radius 1 is 1.32 bits per heavy atom. The number of hydrogen-bond acceptors (Lipinski definition) is 3. The quantitative estimate of drug-likeness (QED) is 0.802. The molecule has 0 radical (unpaired) electrons. The van der Waals surface area contributed by atoms with Gasteiger partial charge in [0.1, 0.15) is 0 Å². The van der Waals surface area contributed by atoms with Crippen molar-refractivity contribution in [3.05, 3.63) is 35.9 Å². The lowest BCUT2D eigenvalue weighted by Crippen LogP contribution is -2.40. The van der Waals surface area contributed by atoms with E-state index in [4.69, 9.17) is 10.5 Å². The van der Waals surface area contributed by atoms with Crippen LogP contribution in [0.15, 0.2) is 30.3 Å². The van der Waals surface area contributed by atoms with Gasteiger partial charge in [0, 0.05) is 18.5 Å². The lowest BCUT2D eigenvalue weighted by atomic mass is 10.1. The molecular formula is C14H23ClN2O2. The van der Waals surface area contributed by atoms with Gasteiger partial charge in [-0.05, 0) is 12.5 Å². The zero-order valence-corrected chi connectivity index (χ0v) is 12.3. The van der Waals surface area contributed by atoms with Gasteiger partial charge in [0.25, 0.3) is 0 Å². The van der Waals surface area contributed by atoms with E-state index in [1.807, 2.05) is 44.2 Å². The summed E-state index contributed by atoms with van der Waals surface area (Å²) in [5.41, 5.74) is 6.56. The van der Waals surface area contributed by atoms with Crippen LogP contribution in [0.3, 0.4) is 0 Å². The predicted octanol–water partition coefficient (Wildman–Crippen LogP) is 1.72. The standard InChI is InChI=1S/C14H22N2O2.ClH/c1-11(8-15)14(17)16-12(2)9-18-10-13-6-4-3-5-7-13;/h3-7,11-12H,8-10,15H2,1-2H3,(H,16,17);1H. The zero-order valence-electron chi connectivity index (χ0n) is 11.5. The highest BCUT2D eigenvalue weighted by Gasteiger charge is 2.13. The largest absolute Gasteiger partial charge is 0.375 e. The summed E-state index contributed by atoms with van der Waals surface area (Å²) in [5.74, 6) is -0.171. The SMILES string of the molecule is CC(COCc1ccccc1)NC(=O)C(C)CN.Cl. The van der Waals surface area contributed by atoms with Gasteiger partial charge in [-0.15, -0.1) is 12.4 Å². The van der Waals surface area contributed by atoms with Gasteiger partial charge in [-0.3, -0.25) is 4.79 Å². The number of nitrogens with one attached hydrogen (secondary N) is 1. The summed E-state index contributed by atoms with van der Waals surface area (Å²) in [4.78, 5) is 11.6. The van der Waals surface area contributed by atoms with Crippen LogP contribution in [0, 0.1) is 5.92 Å². The highest BCUT2D eigenvalue weighted by Crippen LogP contribution is 2.01. The van der Waals surface area contributed by atoms with Crippen LogP contribution >= 0.6 is 12.4 Å². The highest BCUT2D eigenvalue weighted by atomic mass is 35.5. The first-order valence-corrected chi connectivity index (χ1v) is 6.25. The van der Waals surface area contributed by atoms with Crippen molar-refractivity contribution in [1.29, 1.82) is 0 Å². The molecule has 0 aliphatic rings. The summed E-state index contributed by atoms with van der Waals surface area (Å²) >= 11 is 0. The predicted molar refractivity (Wildman–Crippen MR) is 79.2 cm³/mol. The fraction of sp³-hybridized carbons (Fsp3) is 0.500. The number of hydrogen-bond donors (Lipinski definition) is 2. The Morgan fingerprint density at radius 2 is 1.95 bits per heavy atom. The first kappa shape index (κ1) is 17.9. The normalized spacial score (nSPS) is 13.2. The Kier molecular flexibility index (Phi) is 9.21. The van der Waals surface area contributed by atoms with E-state index in [9.17, 15) is 4.79 Å². The molecule has 1 rings (SSSR count). The lowest BCUT2D eigenvalue weighted by molar-refractivity contribution is -0.125. The average molecular weight is 287 g/mol. The molecule has 2 unspecified atom stereocenters. The monoisotopic (exact) mass is 286 g/mol. The average Bonchev–Trinajstić information content (AvgIpc) is 2.38. The molecule has 5 heteroatoms. The van der Waals surface area contributed by atoms with Gasteiger partial charge in [0.2, 0.25) is 5.91 Å². The molecule has 4 nitrogen and oxygen atoms in total. The van der Waals surface area contributed by atoms with Crippen molar-refractivity contribution in [2.45, 2.75) is 26.5 Å². The van der Waals surface area contributed by atoms with Crippen molar-refractivity contribution in [2.24, 2.45) is 11.7 Å². The number of nitrogens with two attached hydrogens (primary N) is 1. The molecule has 1 aromatic carbocycles. The Hall–Kier alpha value is -1.10. The van der Waals surface area contributed by atoms with Crippen LogP contribution < -0.4 is 11.1 Å². The van der Waals surface area contributed by atoms with E-state index in [0.717, 1.165) is 5.56 Å². The van der Waals surface area contributed by atoms with E-state index in [1.165, 1.54) is 0 Å². The molecule has 0 aliphatic carbocycles. The van der Waals surface area contributed by atoms with Crippen molar-refractivity contribution in [2.75, 3.05) is 13.2 Å². The van der Waals surface area contributed by atoms with Gasteiger partial charge in [-0.1, -0.05) is 37.3 Å². The molecule has 1 amide bonds. The second-order valence-electron chi connectivity index (χ2n) is 4.55. The van der Waals surface area contributed by atoms with Gasteiger partial charge < -0.3 is 15.8 Å². The van der Waals surface area contributed by atoms with E-state index < -0.39 is 0 Å². The highest BCUT2D eigenvalue weighted by molar-refractivity contribution is 5.85. The zero-order chi connectivity index (χ0) is 13.4. The van der Waals surface area contributed by atoms with E-state index in [0.29, 0.717) is 19.8 Å². The molecule has 0 aromatic heterocycles. The van der Waals surface area contributed by atoms with Crippen LogP contribution in [-0.2, 0) is 16.1 Å². The third-order valence-electron chi connectivity index (χ3n) is 2.67. The Morgan fingerprint density at radius 3 is 2.53 bits per heavy atom. The van der Waals surface area contributed by atoms with Gasteiger partial charge in [-0.2, -0.15) is 0 Å². The first-order chi connectivity index (χ1) is 8.63. The molecule has 1 aromatic rings. The van der Waals surface area contributed by atoms with Crippen molar-refractivity contribution in [3.63, 3.8) is 0 Å². The van der Waals surface area contributed by atoms with Crippen molar-refractivity contribution in [1.82, 2.24) is 5.32 Å². The molecule has 0 saturated carbocycles. The summed E-state index contributed by atoms with van der Waals surface area (Å²) in [5, 5.41) is 2.87. The van der Waals surface area contributed by atoms with Gasteiger partial charge in [-0.25, -0.2) is 0 Å². The van der Waals surface area contributed by atoms with Gasteiger partial charge in [0.05, 0.1) is 13.2 Å². The number of carbonyl (C=O) groups is 1. The van der Waals surface area contributed by atoms with E-state index in [-0.39, 0.29) is 30.3 Å². The maximum absolute atomic E-state index is 11.6. The molecule has 0 aliphatic heterocycles. The molecule has 0 saturated heterocycles. The van der Waals surface area contributed by atoms with Crippen molar-refractivity contribution < 1.29 is 9.53 Å². The van der Waals surface area contributed by atoms with Crippen LogP contribution in [0.25, 0.3) is 0 Å². The summed E-state index contributed by atoms with van der Waals surface area (Å²) in [6.07, 6.45) is 0. The van der Waals surface area contributed by atoms with Gasteiger partial charge >= 0.3 is 0 Å². The van der Waals surface area contributed by atoms with E-state index in [2.05, 4.69) is 5.32 Å². The number of ether oxygens (including phenoxy) is 1. The van der Waals surface area contributed by atoms with Crippen LogP contribution in [-0.4, -0.2) is 25.1 Å². The van der Waals surface area contributed by atoms with Crippen LogP contribution in [0.4, 0.5) is 0 Å². The van der Waals surface area contributed by atoms with Crippen molar-refractivity contribution in [3.8, 4) is 0 Å². The molecule has 2 atom stereocenters. The Bertz CT molecular complexity index is 360. The first-order valence-electron chi connectivity index (χ1n) is 6.25. The maximum Gasteiger partial charge on any atom is 0.224 e. The number of amides is 1. The summed E-state index contributed by atoms with van der Waals surface area (Å²) in [7, 11) is 0. The smallest absolute Gasteiger partial charge is 0.224 e. The molecule has 0 heterocycles. The molecular weight excluding hydrogens is 264 g/mol. The maximum atomic E-state index is 11.6. The summed E-state index contributed by atoms with van der Waals surface area (Å²) in [6.45, 7) is 5.16. The number of benzene rings is 1. The molecule has 108 valence electrons. The number of rotatable bonds is 7.